The quantitative estimate of drug-likeness (QED) is 0.863. The number of para-hydroxylation sites is 1. The molecule has 1 fully saturated rings. The number of benzene rings is 1. The number of carbonyl (C=O) groups is 2. The molecule has 2 aromatic rings. The van der Waals surface area contributed by atoms with Gasteiger partial charge in [0.2, 0.25) is 5.76 Å². The number of hydrogen-bond acceptors (Lipinski definition) is 5. The zero-order valence-corrected chi connectivity index (χ0v) is 14.1. The summed E-state index contributed by atoms with van der Waals surface area (Å²) < 4.78 is 10.4. The van der Waals surface area contributed by atoms with E-state index in [1.165, 1.54) is 6.42 Å². The number of fused-ring (bicyclic) bond motifs is 1. The van der Waals surface area contributed by atoms with Gasteiger partial charge in [0.15, 0.2) is 12.0 Å². The van der Waals surface area contributed by atoms with Crippen LogP contribution in [0.1, 0.15) is 43.2 Å². The van der Waals surface area contributed by atoms with Gasteiger partial charge in [0.05, 0.1) is 5.39 Å². The number of carbonyl (C=O) groups excluding carboxylic acids is 2. The van der Waals surface area contributed by atoms with Crippen LogP contribution in [0.2, 0.25) is 0 Å². The molecule has 0 spiro atoms. The average molecular weight is 343 g/mol. The van der Waals surface area contributed by atoms with E-state index in [2.05, 4.69) is 12.2 Å². The van der Waals surface area contributed by atoms with Crippen molar-refractivity contribution in [3.63, 3.8) is 0 Å². The third-order valence-corrected chi connectivity index (χ3v) is 4.63. The molecule has 1 N–H and O–H groups in total. The molecule has 1 aromatic heterocycles. The number of hydrogen-bond donors (Lipinski definition) is 1. The van der Waals surface area contributed by atoms with E-state index in [0.717, 1.165) is 25.3 Å². The topological polar surface area (TPSA) is 85.6 Å². The summed E-state index contributed by atoms with van der Waals surface area (Å²) in [6, 6.07) is 7.86. The lowest BCUT2D eigenvalue weighted by Gasteiger charge is -2.29. The Morgan fingerprint density at radius 3 is 2.80 bits per heavy atom. The van der Waals surface area contributed by atoms with E-state index >= 15 is 0 Å². The zero-order valence-electron chi connectivity index (χ0n) is 14.1. The number of rotatable bonds is 4. The van der Waals surface area contributed by atoms with Crippen molar-refractivity contribution in [2.75, 3.05) is 6.61 Å². The summed E-state index contributed by atoms with van der Waals surface area (Å²) >= 11 is 0. The molecular weight excluding hydrogens is 322 g/mol. The minimum absolute atomic E-state index is 0.124. The summed E-state index contributed by atoms with van der Waals surface area (Å²) in [5.74, 6) is -0.945. The second-order valence-corrected chi connectivity index (χ2v) is 6.48. The van der Waals surface area contributed by atoms with Gasteiger partial charge in [-0.3, -0.25) is 9.59 Å². The van der Waals surface area contributed by atoms with Crippen molar-refractivity contribution in [2.24, 2.45) is 5.92 Å². The van der Waals surface area contributed by atoms with Crippen LogP contribution in [0.4, 0.5) is 0 Å². The maximum absolute atomic E-state index is 12.1. The van der Waals surface area contributed by atoms with Crippen molar-refractivity contribution in [2.45, 2.75) is 38.6 Å². The van der Waals surface area contributed by atoms with Crippen LogP contribution in [0, 0.1) is 5.92 Å². The van der Waals surface area contributed by atoms with Gasteiger partial charge in [0.1, 0.15) is 5.58 Å². The van der Waals surface area contributed by atoms with Crippen molar-refractivity contribution in [3.05, 3.63) is 46.3 Å². The van der Waals surface area contributed by atoms with Gasteiger partial charge in [-0.1, -0.05) is 31.9 Å². The summed E-state index contributed by atoms with van der Waals surface area (Å²) in [6.45, 7) is 1.72. The first-order chi connectivity index (χ1) is 12.0. The van der Waals surface area contributed by atoms with Gasteiger partial charge in [-0.05, 0) is 30.9 Å². The van der Waals surface area contributed by atoms with Crippen LogP contribution in [0.15, 0.2) is 39.5 Å². The Morgan fingerprint density at radius 2 is 2.00 bits per heavy atom. The van der Waals surface area contributed by atoms with E-state index in [0.29, 0.717) is 16.9 Å². The van der Waals surface area contributed by atoms with E-state index in [1.807, 2.05) is 0 Å². The smallest absolute Gasteiger partial charge is 0.374 e. The highest BCUT2D eigenvalue weighted by Gasteiger charge is 2.23. The summed E-state index contributed by atoms with van der Waals surface area (Å²) in [5.41, 5.74) is -0.0169. The Bertz CT molecular complexity index is 841. The second-order valence-electron chi connectivity index (χ2n) is 6.48. The maximum Gasteiger partial charge on any atom is 0.374 e. The van der Waals surface area contributed by atoms with Crippen molar-refractivity contribution in [3.8, 4) is 0 Å². The highest BCUT2D eigenvalue weighted by molar-refractivity contribution is 5.90. The SMILES string of the molecule is C[C@@H]1CCCC[C@@H]1NC(=O)COC(=O)c1cc(=O)c2ccccc2o1. The third-order valence-electron chi connectivity index (χ3n) is 4.63. The van der Waals surface area contributed by atoms with E-state index in [-0.39, 0.29) is 23.1 Å². The summed E-state index contributed by atoms with van der Waals surface area (Å²) in [6.07, 6.45) is 4.31. The van der Waals surface area contributed by atoms with Crippen LogP contribution in [-0.4, -0.2) is 24.5 Å². The molecule has 0 radical (unpaired) electrons. The standard InChI is InChI=1S/C19H21NO5/c1-12-6-2-4-8-14(12)20-18(22)11-24-19(23)17-10-15(21)13-7-3-5-9-16(13)25-17/h3,5,7,9-10,12,14H,2,4,6,8,11H2,1H3,(H,20,22)/t12-,14+/m1/s1. The van der Waals surface area contributed by atoms with Gasteiger partial charge in [-0.25, -0.2) is 4.79 Å². The molecule has 3 rings (SSSR count). The van der Waals surface area contributed by atoms with Crippen LogP contribution in [0.3, 0.4) is 0 Å². The van der Waals surface area contributed by atoms with Gasteiger partial charge in [-0.15, -0.1) is 0 Å². The first kappa shape index (κ1) is 17.2. The summed E-state index contributed by atoms with van der Waals surface area (Å²) in [7, 11) is 0. The van der Waals surface area contributed by atoms with Gasteiger partial charge in [-0.2, -0.15) is 0 Å². The normalized spacial score (nSPS) is 20.2. The molecule has 1 saturated carbocycles. The molecule has 1 amide bonds. The van der Waals surface area contributed by atoms with Crippen LogP contribution in [-0.2, 0) is 9.53 Å². The molecule has 6 heteroatoms. The zero-order chi connectivity index (χ0) is 17.8. The number of esters is 1. The lowest BCUT2D eigenvalue weighted by molar-refractivity contribution is -0.125. The Balaban J connectivity index is 1.60. The van der Waals surface area contributed by atoms with Crippen molar-refractivity contribution < 1.29 is 18.7 Å². The van der Waals surface area contributed by atoms with Crippen molar-refractivity contribution in [1.82, 2.24) is 5.32 Å². The molecular formula is C19H21NO5. The van der Waals surface area contributed by atoms with E-state index < -0.39 is 12.6 Å². The van der Waals surface area contributed by atoms with E-state index in [4.69, 9.17) is 9.15 Å². The number of ether oxygens (including phenoxy) is 1. The third kappa shape index (κ3) is 4.07. The molecule has 0 saturated heterocycles. The first-order valence-electron chi connectivity index (χ1n) is 8.54. The Kier molecular flexibility index (Phi) is 5.16. The van der Waals surface area contributed by atoms with Crippen LogP contribution in [0.25, 0.3) is 11.0 Å². The Hall–Kier alpha value is -2.63. The van der Waals surface area contributed by atoms with Crippen molar-refractivity contribution in [1.29, 1.82) is 0 Å². The van der Waals surface area contributed by atoms with Crippen LogP contribution < -0.4 is 10.7 Å². The summed E-state index contributed by atoms with van der Waals surface area (Å²) in [5, 5.41) is 3.30. The fourth-order valence-corrected chi connectivity index (χ4v) is 3.19. The molecule has 0 aliphatic heterocycles. The molecule has 1 aliphatic rings. The van der Waals surface area contributed by atoms with E-state index in [1.54, 1.807) is 24.3 Å². The number of nitrogens with one attached hydrogen (secondary N) is 1. The monoisotopic (exact) mass is 343 g/mol. The van der Waals surface area contributed by atoms with Gasteiger partial charge in [0.25, 0.3) is 5.91 Å². The lowest BCUT2D eigenvalue weighted by Crippen LogP contribution is -2.42. The average Bonchev–Trinajstić information content (AvgIpc) is 2.61. The van der Waals surface area contributed by atoms with Gasteiger partial charge < -0.3 is 14.5 Å². The fraction of sp³-hybridized carbons (Fsp3) is 0.421. The highest BCUT2D eigenvalue weighted by Crippen LogP contribution is 2.23. The Morgan fingerprint density at radius 1 is 1.24 bits per heavy atom. The second kappa shape index (κ2) is 7.51. The predicted molar refractivity (Wildman–Crippen MR) is 92.3 cm³/mol. The maximum atomic E-state index is 12.1. The molecule has 2 atom stereocenters. The molecule has 1 aromatic carbocycles. The Labute approximate surface area is 145 Å². The largest absolute Gasteiger partial charge is 0.450 e. The van der Waals surface area contributed by atoms with Crippen molar-refractivity contribution >= 4 is 22.8 Å². The number of amides is 1. The molecule has 0 unspecified atom stereocenters. The molecule has 6 nitrogen and oxygen atoms in total. The summed E-state index contributed by atoms with van der Waals surface area (Å²) in [4.78, 5) is 36.1. The fourth-order valence-electron chi connectivity index (χ4n) is 3.19. The van der Waals surface area contributed by atoms with Gasteiger partial charge in [0, 0.05) is 12.1 Å². The molecule has 132 valence electrons. The molecule has 0 bridgehead atoms. The minimum atomic E-state index is -0.824. The van der Waals surface area contributed by atoms with Crippen LogP contribution >= 0.6 is 0 Å². The first-order valence-corrected chi connectivity index (χ1v) is 8.54. The minimum Gasteiger partial charge on any atom is -0.450 e. The predicted octanol–water partition coefficient (Wildman–Crippen LogP) is 2.64. The van der Waals surface area contributed by atoms with E-state index in [9.17, 15) is 14.4 Å². The molecule has 1 heterocycles. The molecule has 25 heavy (non-hydrogen) atoms. The molecule has 1 aliphatic carbocycles. The van der Waals surface area contributed by atoms with Gasteiger partial charge >= 0.3 is 5.97 Å². The lowest BCUT2D eigenvalue weighted by atomic mass is 9.86. The highest BCUT2D eigenvalue weighted by atomic mass is 16.5. The van der Waals surface area contributed by atoms with Crippen LogP contribution in [0.5, 0.6) is 0 Å².